The van der Waals surface area contributed by atoms with Gasteiger partial charge in [0, 0.05) is 0 Å². The molecule has 1 N–H and O–H groups in total. The number of methoxy groups -OCH3 is 1. The van der Waals surface area contributed by atoms with Crippen molar-refractivity contribution >= 4 is 18.4 Å². The first-order valence-corrected chi connectivity index (χ1v) is 3.97. The summed E-state index contributed by atoms with van der Waals surface area (Å²) >= 11 is 0. The van der Waals surface area contributed by atoms with Crippen LogP contribution in [0.2, 0.25) is 0 Å². The molecule has 0 atom stereocenters. The minimum absolute atomic E-state index is 0.491. The number of halogens is 3. The molecule has 0 heterocycles. The average Bonchev–Trinajstić information content (AvgIpc) is 2.15. The van der Waals surface area contributed by atoms with Gasteiger partial charge < -0.3 is 22.8 Å². The summed E-state index contributed by atoms with van der Waals surface area (Å²) in [7, 11) is 1.02. The van der Waals surface area contributed by atoms with Gasteiger partial charge in [0.2, 0.25) is 0 Å². The first-order chi connectivity index (χ1) is 6.86. The molecule has 3 nitrogen and oxygen atoms in total. The number of carbonyl (C=O) groups excluding carboxylic acids is 1. The predicted molar refractivity (Wildman–Crippen MR) is 48.2 cm³/mol. The number of phenolic OH excluding ortho intramolecular Hbond substituents is 1. The number of phenols is 1. The Balaban J connectivity index is 3.23. The Morgan fingerprint density at radius 1 is 1.40 bits per heavy atom. The lowest BCUT2D eigenvalue weighted by Gasteiger charge is -2.15. The zero-order chi connectivity index (χ0) is 11.6. The molecule has 15 heavy (non-hydrogen) atoms. The summed E-state index contributed by atoms with van der Waals surface area (Å²) in [6, 6.07) is 2.10. The van der Waals surface area contributed by atoms with Crippen molar-refractivity contribution in [3.05, 3.63) is 23.8 Å². The summed E-state index contributed by atoms with van der Waals surface area (Å²) in [5.74, 6) is -1.54. The molecule has 0 aliphatic rings. The van der Waals surface area contributed by atoms with Gasteiger partial charge >= 0.3 is 12.9 Å². The third kappa shape index (κ3) is 2.42. The van der Waals surface area contributed by atoms with E-state index in [0.717, 1.165) is 13.2 Å². The zero-order valence-electron chi connectivity index (χ0n) is 7.71. The Morgan fingerprint density at radius 2 is 2.00 bits per heavy atom. The minimum Gasteiger partial charge on any atom is -0.507 e. The molecule has 0 bridgehead atoms. The van der Waals surface area contributed by atoms with Crippen molar-refractivity contribution in [3.63, 3.8) is 0 Å². The molecule has 0 unspecified atom stereocenters. The first-order valence-electron chi connectivity index (χ1n) is 3.97. The highest BCUT2D eigenvalue weighted by atomic mass is 19.4. The first kappa shape index (κ1) is 11.4. The van der Waals surface area contributed by atoms with Gasteiger partial charge in [0.15, 0.2) is 0 Å². The number of benzene rings is 1. The maximum Gasteiger partial charge on any atom is 0.509 e. The fraction of sp³-hybridized carbons (Fsp3) is 0.125. The second-order valence-corrected chi connectivity index (χ2v) is 2.84. The summed E-state index contributed by atoms with van der Waals surface area (Å²) in [5.41, 5.74) is -1.44. The van der Waals surface area contributed by atoms with E-state index in [0.29, 0.717) is 12.1 Å². The smallest absolute Gasteiger partial charge is 0.507 e. The van der Waals surface area contributed by atoms with E-state index in [9.17, 15) is 17.7 Å². The van der Waals surface area contributed by atoms with Crippen LogP contribution in [-0.4, -0.2) is 25.2 Å². The number of rotatable bonds is 2. The fourth-order valence-electron chi connectivity index (χ4n) is 1.03. The van der Waals surface area contributed by atoms with Gasteiger partial charge in [-0.25, -0.2) is 4.79 Å². The van der Waals surface area contributed by atoms with Crippen LogP contribution in [0.25, 0.3) is 0 Å². The minimum atomic E-state index is -5.19. The Labute approximate surface area is 83.5 Å². The van der Waals surface area contributed by atoms with Crippen molar-refractivity contribution in [2.75, 3.05) is 7.11 Å². The monoisotopic (exact) mass is 219 g/mol. The molecule has 1 rings (SSSR count). The maximum absolute atomic E-state index is 12.3. The van der Waals surface area contributed by atoms with Crippen LogP contribution >= 0.6 is 0 Å². The van der Waals surface area contributed by atoms with Gasteiger partial charge in [-0.3, -0.25) is 0 Å². The van der Waals surface area contributed by atoms with Gasteiger partial charge in [0.05, 0.1) is 12.7 Å². The summed E-state index contributed by atoms with van der Waals surface area (Å²) in [6.45, 7) is -5.19. The van der Waals surface area contributed by atoms with Gasteiger partial charge in [-0.2, -0.15) is 0 Å². The summed E-state index contributed by atoms with van der Waals surface area (Å²) in [5, 5.41) is 9.14. The molecular weight excluding hydrogens is 212 g/mol. The van der Waals surface area contributed by atoms with E-state index in [1.807, 2.05) is 0 Å². The molecule has 0 fully saturated rings. The average molecular weight is 219 g/mol. The van der Waals surface area contributed by atoms with E-state index in [4.69, 9.17) is 5.11 Å². The van der Waals surface area contributed by atoms with Crippen LogP contribution in [0.3, 0.4) is 0 Å². The van der Waals surface area contributed by atoms with Crippen LogP contribution in [0.4, 0.5) is 12.9 Å². The highest BCUT2D eigenvalue weighted by Crippen LogP contribution is 2.18. The Hall–Kier alpha value is -1.66. The van der Waals surface area contributed by atoms with Gasteiger partial charge in [-0.1, -0.05) is 12.1 Å². The lowest BCUT2D eigenvalue weighted by Crippen LogP contribution is -2.34. The summed E-state index contributed by atoms with van der Waals surface area (Å²) in [4.78, 5) is 11.0. The fourth-order valence-corrected chi connectivity index (χ4v) is 1.03. The molecule has 0 aliphatic carbocycles. The van der Waals surface area contributed by atoms with Gasteiger partial charge in [0.1, 0.15) is 5.75 Å². The van der Waals surface area contributed by atoms with Crippen molar-refractivity contribution in [2.45, 2.75) is 0 Å². The normalized spacial score (nSPS) is 11.2. The van der Waals surface area contributed by atoms with Crippen molar-refractivity contribution < 1.29 is 27.6 Å². The molecular formula is C8H7BF3O3-. The highest BCUT2D eigenvalue weighted by Gasteiger charge is 2.27. The molecule has 0 radical (unpaired) electrons. The number of aromatic hydroxyl groups is 1. The van der Waals surface area contributed by atoms with Crippen LogP contribution in [0.15, 0.2) is 18.2 Å². The van der Waals surface area contributed by atoms with E-state index in [-0.39, 0.29) is 0 Å². The Kier molecular flexibility index (Phi) is 2.92. The number of ether oxygens (including phenoxy) is 1. The molecule has 0 spiro atoms. The lowest BCUT2D eigenvalue weighted by atomic mass is 9.79. The molecule has 0 saturated carbocycles. The quantitative estimate of drug-likeness (QED) is 0.601. The van der Waals surface area contributed by atoms with Crippen LogP contribution in [0, 0.1) is 0 Å². The van der Waals surface area contributed by atoms with Crippen molar-refractivity contribution in [3.8, 4) is 5.75 Å². The Morgan fingerprint density at radius 3 is 2.47 bits per heavy atom. The van der Waals surface area contributed by atoms with E-state index in [1.165, 1.54) is 0 Å². The van der Waals surface area contributed by atoms with E-state index in [2.05, 4.69) is 4.74 Å². The van der Waals surface area contributed by atoms with Crippen LogP contribution in [0.1, 0.15) is 10.4 Å². The summed E-state index contributed by atoms with van der Waals surface area (Å²) < 4.78 is 41.1. The SMILES string of the molecule is COC(=O)c1cc([B-](F)(F)F)ccc1O. The number of hydrogen-bond acceptors (Lipinski definition) is 3. The van der Waals surface area contributed by atoms with E-state index >= 15 is 0 Å². The van der Waals surface area contributed by atoms with E-state index in [1.54, 1.807) is 0 Å². The van der Waals surface area contributed by atoms with Crippen molar-refractivity contribution in [2.24, 2.45) is 0 Å². The molecule has 7 heteroatoms. The van der Waals surface area contributed by atoms with Crippen molar-refractivity contribution in [1.82, 2.24) is 0 Å². The predicted octanol–water partition coefficient (Wildman–Crippen LogP) is 1.23. The molecule has 1 aromatic carbocycles. The van der Waals surface area contributed by atoms with Gasteiger partial charge in [-0.05, 0) is 6.07 Å². The highest BCUT2D eigenvalue weighted by molar-refractivity contribution is 6.73. The molecule has 0 aromatic heterocycles. The maximum atomic E-state index is 12.3. The number of esters is 1. The van der Waals surface area contributed by atoms with Crippen LogP contribution in [0.5, 0.6) is 5.75 Å². The molecule has 1 aromatic rings. The Bertz CT molecular complexity index is 389. The lowest BCUT2D eigenvalue weighted by molar-refractivity contribution is 0.0597. The number of hydrogen-bond donors (Lipinski definition) is 1. The molecule has 82 valence electrons. The van der Waals surface area contributed by atoms with E-state index < -0.39 is 29.7 Å². The standard InChI is InChI=1S/C8H7BF3O3/c1-15-8(14)6-4-5(9(10,11)12)2-3-7(6)13/h2-4,13H,1H3/q-1. The largest absolute Gasteiger partial charge is 0.509 e. The number of carbonyl (C=O) groups is 1. The van der Waals surface area contributed by atoms with Crippen LogP contribution in [-0.2, 0) is 4.74 Å². The third-order valence-electron chi connectivity index (χ3n) is 1.80. The topological polar surface area (TPSA) is 46.5 Å². The summed E-state index contributed by atoms with van der Waals surface area (Å²) in [6.07, 6.45) is 0. The zero-order valence-corrected chi connectivity index (χ0v) is 7.71. The van der Waals surface area contributed by atoms with Gasteiger partial charge in [-0.15, -0.1) is 5.46 Å². The molecule has 0 amide bonds. The molecule has 0 saturated heterocycles. The van der Waals surface area contributed by atoms with Gasteiger partial charge in [0.25, 0.3) is 0 Å². The van der Waals surface area contributed by atoms with Crippen LogP contribution < -0.4 is 5.46 Å². The second kappa shape index (κ2) is 3.84. The van der Waals surface area contributed by atoms with Crippen molar-refractivity contribution in [1.29, 1.82) is 0 Å². The third-order valence-corrected chi connectivity index (χ3v) is 1.80. The molecule has 0 aliphatic heterocycles. The second-order valence-electron chi connectivity index (χ2n) is 2.84.